The van der Waals surface area contributed by atoms with Crippen molar-refractivity contribution in [3.63, 3.8) is 0 Å². The van der Waals surface area contributed by atoms with Crippen LogP contribution in [0.15, 0.2) is 53.7 Å². The highest BCUT2D eigenvalue weighted by atomic mass is 32.2. The van der Waals surface area contributed by atoms with Crippen molar-refractivity contribution in [2.45, 2.75) is 29.8 Å². The van der Waals surface area contributed by atoms with Crippen molar-refractivity contribution in [1.82, 2.24) is 20.6 Å². The Labute approximate surface area is 162 Å². The second-order valence-corrected chi connectivity index (χ2v) is 7.92. The monoisotopic (exact) mass is 382 g/mol. The van der Waals surface area contributed by atoms with Gasteiger partial charge in [-0.2, -0.15) is 0 Å². The summed E-state index contributed by atoms with van der Waals surface area (Å²) in [7, 11) is 0. The fourth-order valence-electron chi connectivity index (χ4n) is 3.02. The van der Waals surface area contributed by atoms with Crippen molar-refractivity contribution in [2.24, 2.45) is 0 Å². The van der Waals surface area contributed by atoms with E-state index in [2.05, 4.69) is 51.8 Å². The number of aryl methyl sites for hydroxylation is 1. The molecule has 1 saturated heterocycles. The first-order valence-electron chi connectivity index (χ1n) is 8.94. The van der Waals surface area contributed by atoms with E-state index in [9.17, 15) is 4.79 Å². The van der Waals surface area contributed by atoms with Crippen LogP contribution in [0.5, 0.6) is 0 Å². The molecule has 140 valence electrons. The third-order valence-corrected chi connectivity index (χ3v) is 5.61. The summed E-state index contributed by atoms with van der Waals surface area (Å²) in [5.41, 5.74) is 4.15. The summed E-state index contributed by atoms with van der Waals surface area (Å²) in [6.45, 7) is 3.51. The molecule has 7 heteroatoms. The van der Waals surface area contributed by atoms with E-state index in [1.165, 1.54) is 5.56 Å². The van der Waals surface area contributed by atoms with Crippen LogP contribution in [0.1, 0.15) is 11.1 Å². The van der Waals surface area contributed by atoms with Gasteiger partial charge in [-0.25, -0.2) is 4.98 Å². The number of carbonyl (C=O) groups excluding carboxylic acids is 1. The third kappa shape index (κ3) is 4.50. The van der Waals surface area contributed by atoms with Crippen molar-refractivity contribution in [1.29, 1.82) is 0 Å². The number of hydrogen-bond acceptors (Lipinski definition) is 5. The van der Waals surface area contributed by atoms with Gasteiger partial charge in [0.25, 0.3) is 0 Å². The molecule has 1 amide bonds. The Balaban J connectivity index is 1.31. The Bertz CT molecular complexity index is 925. The number of benzene rings is 2. The average molecular weight is 382 g/mol. The minimum atomic E-state index is -0.349. The summed E-state index contributed by atoms with van der Waals surface area (Å²) >= 11 is 1.68. The van der Waals surface area contributed by atoms with Gasteiger partial charge in [-0.05, 0) is 36.8 Å². The number of H-pyrrole nitrogens is 1. The summed E-state index contributed by atoms with van der Waals surface area (Å²) in [5, 5.41) is 6.43. The lowest BCUT2D eigenvalue weighted by atomic mass is 10.2. The van der Waals surface area contributed by atoms with E-state index in [1.54, 1.807) is 18.1 Å². The zero-order chi connectivity index (χ0) is 18.6. The van der Waals surface area contributed by atoms with E-state index in [4.69, 9.17) is 4.74 Å². The fourth-order valence-corrected chi connectivity index (χ4v) is 4.04. The first-order valence-corrected chi connectivity index (χ1v) is 9.82. The molecule has 1 aliphatic rings. The zero-order valence-electron chi connectivity index (χ0n) is 15.1. The van der Waals surface area contributed by atoms with Gasteiger partial charge < -0.3 is 15.0 Å². The number of imidazole rings is 1. The minimum absolute atomic E-state index is 0.0473. The van der Waals surface area contributed by atoms with Crippen molar-refractivity contribution < 1.29 is 9.53 Å². The topological polar surface area (TPSA) is 79.0 Å². The summed E-state index contributed by atoms with van der Waals surface area (Å²) in [5.74, 6) is -0.0473. The molecule has 2 atom stereocenters. The number of carbonyl (C=O) groups is 1. The Morgan fingerprint density at radius 3 is 2.96 bits per heavy atom. The number of hydrogen-bond donors (Lipinski definition) is 3. The number of aromatic amines is 1. The number of nitrogens with zero attached hydrogens (tertiary/aromatic N) is 1. The van der Waals surface area contributed by atoms with Crippen molar-refractivity contribution in [2.75, 3.05) is 13.2 Å². The van der Waals surface area contributed by atoms with Gasteiger partial charge in [-0.3, -0.25) is 10.1 Å². The summed E-state index contributed by atoms with van der Waals surface area (Å²) in [4.78, 5) is 21.0. The van der Waals surface area contributed by atoms with E-state index in [0.717, 1.165) is 21.5 Å². The Kier molecular flexibility index (Phi) is 5.42. The molecular formula is C20H22N4O2S. The first-order chi connectivity index (χ1) is 13.2. The smallest absolute Gasteiger partial charge is 0.239 e. The molecular weight excluding hydrogens is 360 g/mol. The van der Waals surface area contributed by atoms with Crippen molar-refractivity contribution in [3.05, 3.63) is 59.9 Å². The number of ether oxygens (including phenoxy) is 1. The highest BCUT2D eigenvalue weighted by Crippen LogP contribution is 2.24. The molecule has 3 aromatic rings. The summed E-state index contributed by atoms with van der Waals surface area (Å²) < 4.78 is 5.65. The third-order valence-electron chi connectivity index (χ3n) is 4.51. The number of aromatic nitrogens is 2. The quantitative estimate of drug-likeness (QED) is 0.632. The maximum atomic E-state index is 12.5. The number of thioether (sulfide) groups is 1. The van der Waals surface area contributed by atoms with Crippen LogP contribution >= 0.6 is 11.8 Å². The molecule has 1 aromatic heterocycles. The molecule has 4 rings (SSSR count). The molecule has 0 aliphatic carbocycles. The summed E-state index contributed by atoms with van der Waals surface area (Å²) in [6, 6.07) is 13.9. The Morgan fingerprint density at radius 2 is 2.11 bits per heavy atom. The van der Waals surface area contributed by atoms with Crippen LogP contribution in [0.3, 0.4) is 0 Å². The van der Waals surface area contributed by atoms with Crippen molar-refractivity contribution in [3.8, 4) is 0 Å². The van der Waals surface area contributed by atoms with Crippen LogP contribution in [0.25, 0.3) is 11.0 Å². The number of rotatable bonds is 5. The van der Waals surface area contributed by atoms with Crippen molar-refractivity contribution >= 4 is 28.7 Å². The number of morpholine rings is 1. The van der Waals surface area contributed by atoms with Crippen LogP contribution in [-0.2, 0) is 16.1 Å². The molecule has 0 spiro atoms. The van der Waals surface area contributed by atoms with E-state index in [-0.39, 0.29) is 17.3 Å². The second-order valence-electron chi connectivity index (χ2n) is 6.65. The zero-order valence-corrected chi connectivity index (χ0v) is 15.9. The van der Waals surface area contributed by atoms with Gasteiger partial charge in [0, 0.05) is 11.4 Å². The maximum absolute atomic E-state index is 12.5. The molecule has 0 radical (unpaired) electrons. The van der Waals surface area contributed by atoms with Crippen LogP contribution < -0.4 is 10.6 Å². The molecule has 0 saturated carbocycles. The predicted octanol–water partition coefficient (Wildman–Crippen LogP) is 2.59. The molecule has 3 N–H and O–H groups in total. The average Bonchev–Trinajstić information content (AvgIpc) is 3.16. The first kappa shape index (κ1) is 18.0. The van der Waals surface area contributed by atoms with Crippen LogP contribution in [0.2, 0.25) is 0 Å². The molecule has 2 heterocycles. The highest BCUT2D eigenvalue weighted by Gasteiger charge is 2.27. The number of fused-ring (bicyclic) bond motifs is 1. The van der Waals surface area contributed by atoms with Gasteiger partial charge >= 0.3 is 0 Å². The predicted molar refractivity (Wildman–Crippen MR) is 107 cm³/mol. The van der Waals surface area contributed by atoms with Gasteiger partial charge in [0.2, 0.25) is 5.91 Å². The van der Waals surface area contributed by atoms with Crippen LogP contribution in [0, 0.1) is 6.92 Å². The van der Waals surface area contributed by atoms with E-state index >= 15 is 0 Å². The van der Waals surface area contributed by atoms with Crippen LogP contribution in [0.4, 0.5) is 0 Å². The normalized spacial score (nSPS) is 19.9. The van der Waals surface area contributed by atoms with Gasteiger partial charge in [-0.15, -0.1) is 11.8 Å². The standard InChI is InChI=1S/C20H22N4O2S/c1-13-2-5-15(6-3-13)27-19-11-26-10-18(24-19)20(25)21-9-14-4-7-16-17(8-14)23-12-22-16/h2-8,12,18-19,24H,9-11H2,1H3,(H,21,25)(H,22,23)/t18-,19?/m1/s1. The lowest BCUT2D eigenvalue weighted by molar-refractivity contribution is -0.126. The summed E-state index contributed by atoms with van der Waals surface area (Å²) in [6.07, 6.45) is 1.67. The Morgan fingerprint density at radius 1 is 1.26 bits per heavy atom. The molecule has 27 heavy (non-hydrogen) atoms. The van der Waals surface area contributed by atoms with Gasteiger partial charge in [0.05, 0.1) is 35.9 Å². The van der Waals surface area contributed by atoms with E-state index in [1.807, 2.05) is 18.2 Å². The molecule has 1 aliphatic heterocycles. The largest absolute Gasteiger partial charge is 0.377 e. The van der Waals surface area contributed by atoms with Gasteiger partial charge in [0.1, 0.15) is 6.04 Å². The molecule has 1 fully saturated rings. The SMILES string of the molecule is Cc1ccc(SC2COC[C@H](C(=O)NCc3ccc4nc[nH]c4c3)N2)cc1. The lowest BCUT2D eigenvalue weighted by Crippen LogP contribution is -2.54. The highest BCUT2D eigenvalue weighted by molar-refractivity contribution is 8.00. The number of amides is 1. The van der Waals surface area contributed by atoms with E-state index in [0.29, 0.717) is 19.8 Å². The minimum Gasteiger partial charge on any atom is -0.377 e. The van der Waals surface area contributed by atoms with Gasteiger partial charge in [0.15, 0.2) is 0 Å². The fraction of sp³-hybridized carbons (Fsp3) is 0.300. The maximum Gasteiger partial charge on any atom is 0.239 e. The Hall–Kier alpha value is -2.35. The second kappa shape index (κ2) is 8.12. The molecule has 2 aromatic carbocycles. The van der Waals surface area contributed by atoms with E-state index < -0.39 is 0 Å². The molecule has 1 unspecified atom stereocenters. The molecule has 0 bridgehead atoms. The van der Waals surface area contributed by atoms with Crippen LogP contribution in [-0.4, -0.2) is 40.5 Å². The number of nitrogens with one attached hydrogen (secondary N) is 3. The van der Waals surface area contributed by atoms with Gasteiger partial charge in [-0.1, -0.05) is 23.8 Å². The molecule has 6 nitrogen and oxygen atoms in total. The lowest BCUT2D eigenvalue weighted by Gasteiger charge is -2.30.